The number of rotatable bonds is 5. The standard InChI is InChI=1S/C16H20N4O3S2/c1-10(13-8-7-12-5-3-4-6-14(12)9-13)20-25(22,23)16-19-18-15(24-16)17-11(2)21/h7-10,20H,3-6H2,1-2H3,(H,17,18,21). The summed E-state index contributed by atoms with van der Waals surface area (Å²) in [5.41, 5.74) is 3.59. The Morgan fingerprint density at radius 2 is 1.92 bits per heavy atom. The van der Waals surface area contributed by atoms with Gasteiger partial charge in [-0.2, -0.15) is 0 Å². The van der Waals surface area contributed by atoms with E-state index in [-0.39, 0.29) is 21.4 Å². The monoisotopic (exact) mass is 380 g/mol. The number of aryl methyl sites for hydroxylation is 2. The van der Waals surface area contributed by atoms with Crippen LogP contribution in [0.3, 0.4) is 0 Å². The van der Waals surface area contributed by atoms with Crippen LogP contribution in [0.4, 0.5) is 5.13 Å². The molecule has 1 heterocycles. The first-order chi connectivity index (χ1) is 11.8. The molecule has 1 amide bonds. The Bertz CT molecular complexity index is 893. The van der Waals surface area contributed by atoms with Crippen LogP contribution in [-0.4, -0.2) is 24.5 Å². The minimum absolute atomic E-state index is 0.161. The first-order valence-corrected chi connectivity index (χ1v) is 10.4. The van der Waals surface area contributed by atoms with Gasteiger partial charge in [-0.3, -0.25) is 4.79 Å². The van der Waals surface area contributed by atoms with Crippen molar-refractivity contribution in [2.24, 2.45) is 0 Å². The Kier molecular flexibility index (Phi) is 5.16. The summed E-state index contributed by atoms with van der Waals surface area (Å²) < 4.78 is 27.4. The lowest BCUT2D eigenvalue weighted by Crippen LogP contribution is -2.27. The van der Waals surface area contributed by atoms with Gasteiger partial charge in [-0.1, -0.05) is 29.5 Å². The second kappa shape index (κ2) is 7.19. The number of nitrogens with one attached hydrogen (secondary N) is 2. The molecule has 0 radical (unpaired) electrons. The number of nitrogens with zero attached hydrogens (tertiary/aromatic N) is 2. The van der Waals surface area contributed by atoms with Crippen molar-refractivity contribution in [2.45, 2.75) is 49.9 Å². The molecule has 2 N–H and O–H groups in total. The van der Waals surface area contributed by atoms with Gasteiger partial charge >= 0.3 is 0 Å². The lowest BCUT2D eigenvalue weighted by Gasteiger charge is -2.19. The normalized spacial score (nSPS) is 15.4. The van der Waals surface area contributed by atoms with Gasteiger partial charge in [0.1, 0.15) is 0 Å². The number of fused-ring (bicyclic) bond motifs is 1. The molecule has 2 aromatic rings. The van der Waals surface area contributed by atoms with Gasteiger partial charge in [-0.25, -0.2) is 13.1 Å². The third kappa shape index (κ3) is 4.23. The van der Waals surface area contributed by atoms with Crippen LogP contribution in [0.25, 0.3) is 0 Å². The quantitative estimate of drug-likeness (QED) is 0.776. The molecule has 1 aliphatic carbocycles. The highest BCUT2D eigenvalue weighted by atomic mass is 32.2. The van der Waals surface area contributed by atoms with E-state index in [1.807, 2.05) is 6.07 Å². The van der Waals surface area contributed by atoms with E-state index in [0.717, 1.165) is 29.7 Å². The average molecular weight is 380 g/mol. The highest BCUT2D eigenvalue weighted by Gasteiger charge is 2.24. The molecular weight excluding hydrogens is 360 g/mol. The van der Waals surface area contributed by atoms with Gasteiger partial charge in [0.15, 0.2) is 0 Å². The summed E-state index contributed by atoms with van der Waals surface area (Å²) >= 11 is 0.824. The number of amides is 1. The molecule has 0 saturated heterocycles. The maximum atomic E-state index is 12.5. The average Bonchev–Trinajstić information content (AvgIpc) is 3.02. The Morgan fingerprint density at radius 1 is 1.20 bits per heavy atom. The SMILES string of the molecule is CC(=O)Nc1nnc(S(=O)(=O)NC(C)c2ccc3c(c2)CCCC3)s1. The fourth-order valence-corrected chi connectivity index (χ4v) is 5.09. The van der Waals surface area contributed by atoms with Crippen LogP contribution >= 0.6 is 11.3 Å². The van der Waals surface area contributed by atoms with Gasteiger partial charge < -0.3 is 5.32 Å². The minimum Gasteiger partial charge on any atom is -0.301 e. The Labute approximate surface area is 150 Å². The summed E-state index contributed by atoms with van der Waals surface area (Å²) in [5, 5.41) is 9.93. The lowest BCUT2D eigenvalue weighted by molar-refractivity contribution is -0.114. The van der Waals surface area contributed by atoms with Crippen molar-refractivity contribution in [3.05, 3.63) is 34.9 Å². The van der Waals surface area contributed by atoms with Crippen LogP contribution in [0.15, 0.2) is 22.5 Å². The summed E-state index contributed by atoms with van der Waals surface area (Å²) in [6.07, 6.45) is 4.51. The lowest BCUT2D eigenvalue weighted by atomic mass is 9.89. The van der Waals surface area contributed by atoms with Crippen molar-refractivity contribution in [1.29, 1.82) is 0 Å². The molecule has 25 heavy (non-hydrogen) atoms. The zero-order valence-corrected chi connectivity index (χ0v) is 15.7. The predicted octanol–water partition coefficient (Wildman–Crippen LogP) is 2.41. The molecule has 0 saturated carbocycles. The Balaban J connectivity index is 1.76. The van der Waals surface area contributed by atoms with Gasteiger partial charge in [-0.15, -0.1) is 10.2 Å². The number of hydrogen-bond donors (Lipinski definition) is 2. The molecular formula is C16H20N4O3S2. The summed E-state index contributed by atoms with van der Waals surface area (Å²) in [7, 11) is -3.80. The maximum absolute atomic E-state index is 12.5. The maximum Gasteiger partial charge on any atom is 0.270 e. The van der Waals surface area contributed by atoms with Crippen molar-refractivity contribution < 1.29 is 13.2 Å². The molecule has 9 heteroatoms. The molecule has 1 unspecified atom stereocenters. The zero-order valence-electron chi connectivity index (χ0n) is 14.1. The molecule has 134 valence electrons. The Hall–Kier alpha value is -1.84. The number of hydrogen-bond acceptors (Lipinski definition) is 6. The first-order valence-electron chi connectivity index (χ1n) is 8.10. The highest BCUT2D eigenvalue weighted by Crippen LogP contribution is 2.26. The number of sulfonamides is 1. The van der Waals surface area contributed by atoms with Crippen LogP contribution in [0.2, 0.25) is 0 Å². The van der Waals surface area contributed by atoms with Crippen molar-refractivity contribution in [3.63, 3.8) is 0 Å². The molecule has 3 rings (SSSR count). The molecule has 1 aromatic carbocycles. The van der Waals surface area contributed by atoms with Gasteiger partial charge in [0.05, 0.1) is 0 Å². The van der Waals surface area contributed by atoms with Crippen molar-refractivity contribution >= 4 is 32.4 Å². The van der Waals surface area contributed by atoms with Crippen LogP contribution in [0, 0.1) is 0 Å². The molecule has 1 aromatic heterocycles. The summed E-state index contributed by atoms with van der Waals surface area (Å²) in [6.45, 7) is 3.13. The number of carbonyl (C=O) groups is 1. The van der Waals surface area contributed by atoms with Crippen LogP contribution in [0.1, 0.15) is 49.4 Å². The number of benzene rings is 1. The molecule has 0 fully saturated rings. The van der Waals surface area contributed by atoms with Gasteiger partial charge in [-0.05, 0) is 49.3 Å². The van der Waals surface area contributed by atoms with E-state index in [4.69, 9.17) is 0 Å². The Morgan fingerprint density at radius 3 is 2.64 bits per heavy atom. The van der Waals surface area contributed by atoms with E-state index >= 15 is 0 Å². The number of anilines is 1. The zero-order chi connectivity index (χ0) is 18.0. The second-order valence-electron chi connectivity index (χ2n) is 6.13. The molecule has 7 nitrogen and oxygen atoms in total. The second-order valence-corrected chi connectivity index (χ2v) is 9.00. The van der Waals surface area contributed by atoms with Gasteiger partial charge in [0.25, 0.3) is 10.0 Å². The summed E-state index contributed by atoms with van der Waals surface area (Å²) in [4.78, 5) is 11.0. The van der Waals surface area contributed by atoms with E-state index in [0.29, 0.717) is 0 Å². The van der Waals surface area contributed by atoms with E-state index < -0.39 is 10.0 Å². The van der Waals surface area contributed by atoms with Crippen molar-refractivity contribution in [2.75, 3.05) is 5.32 Å². The third-order valence-corrected chi connectivity index (χ3v) is 6.87. The van der Waals surface area contributed by atoms with Crippen molar-refractivity contribution in [1.82, 2.24) is 14.9 Å². The van der Waals surface area contributed by atoms with Crippen LogP contribution < -0.4 is 10.0 Å². The van der Waals surface area contributed by atoms with Gasteiger partial charge in [0.2, 0.25) is 15.4 Å². The van der Waals surface area contributed by atoms with Gasteiger partial charge in [0, 0.05) is 13.0 Å². The van der Waals surface area contributed by atoms with E-state index in [2.05, 4.69) is 32.4 Å². The number of aromatic nitrogens is 2. The largest absolute Gasteiger partial charge is 0.301 e. The topological polar surface area (TPSA) is 101 Å². The molecule has 0 spiro atoms. The van der Waals surface area contributed by atoms with Crippen LogP contribution in [0.5, 0.6) is 0 Å². The fourth-order valence-electron chi connectivity index (χ4n) is 2.89. The summed E-state index contributed by atoms with van der Waals surface area (Å²) in [5.74, 6) is -0.324. The van der Waals surface area contributed by atoms with Crippen LogP contribution in [-0.2, 0) is 27.7 Å². The van der Waals surface area contributed by atoms with Crippen molar-refractivity contribution in [3.8, 4) is 0 Å². The predicted molar refractivity (Wildman–Crippen MR) is 96.0 cm³/mol. The third-order valence-electron chi connectivity index (χ3n) is 4.12. The molecule has 0 aliphatic heterocycles. The molecule has 1 atom stereocenters. The van der Waals surface area contributed by atoms with E-state index in [1.54, 1.807) is 6.92 Å². The van der Waals surface area contributed by atoms with E-state index in [1.165, 1.54) is 30.9 Å². The first kappa shape index (κ1) is 18.0. The number of carbonyl (C=O) groups excluding carboxylic acids is 1. The fraction of sp³-hybridized carbons (Fsp3) is 0.438. The summed E-state index contributed by atoms with van der Waals surface area (Å²) in [6, 6.07) is 5.77. The smallest absolute Gasteiger partial charge is 0.270 e. The molecule has 0 bridgehead atoms. The van der Waals surface area contributed by atoms with E-state index in [9.17, 15) is 13.2 Å². The molecule has 1 aliphatic rings. The highest BCUT2D eigenvalue weighted by molar-refractivity contribution is 7.91. The minimum atomic E-state index is -3.80.